The molecular weight excluding hydrogens is 357 g/mol. The van der Waals surface area contributed by atoms with E-state index in [1.807, 2.05) is 19.9 Å². The Hall–Kier alpha value is 0.612. The van der Waals surface area contributed by atoms with Crippen molar-refractivity contribution >= 4 is 5.91 Å². The van der Waals surface area contributed by atoms with E-state index in [0.717, 1.165) is 5.57 Å². The van der Waals surface area contributed by atoms with E-state index < -0.39 is 6.10 Å². The van der Waals surface area contributed by atoms with Crippen LogP contribution in [0.5, 0.6) is 0 Å². The minimum absolute atomic E-state index is 0. The van der Waals surface area contributed by atoms with Crippen LogP contribution in [0.3, 0.4) is 0 Å². The number of rotatable bonds is 1. The molecule has 2 atom stereocenters. The molecule has 0 bridgehead atoms. The Morgan fingerprint density at radius 3 is 2.45 bits per heavy atom. The summed E-state index contributed by atoms with van der Waals surface area (Å²) < 4.78 is 0. The Kier molecular flexibility index (Phi) is 4.85. The fourth-order valence-electron chi connectivity index (χ4n) is 0.887. The summed E-state index contributed by atoms with van der Waals surface area (Å²) >= 11 is 0. The summed E-state index contributed by atoms with van der Waals surface area (Å²) in [5, 5.41) is 11.5. The number of carbonyl (C=O) groups excluding carboxylic acids is 1. The van der Waals surface area contributed by atoms with Gasteiger partial charge in [-0.15, -0.1) is 0 Å². The molecule has 0 aromatic heterocycles. The van der Waals surface area contributed by atoms with Crippen LogP contribution in [0.25, 0.3) is 0 Å². The number of aliphatic hydroxyl groups is 1. The molecular formula is C7H11AcNO2. The molecule has 1 rings (SSSR count). The second-order valence-corrected chi connectivity index (χ2v) is 2.72. The number of β-lactam (4-membered cyclic amide) rings is 1. The maximum absolute atomic E-state index is 10.4. The van der Waals surface area contributed by atoms with E-state index in [4.69, 9.17) is 5.11 Å². The average Bonchev–Trinajstić information content (AvgIpc) is 1.86. The zero-order valence-electron chi connectivity index (χ0n) is 6.66. The predicted molar refractivity (Wildman–Crippen MR) is 37.4 cm³/mol. The summed E-state index contributed by atoms with van der Waals surface area (Å²) in [5.74, 6) is -0.275. The molecule has 1 unspecified atom stereocenters. The number of hydrogen-bond acceptors (Lipinski definition) is 2. The van der Waals surface area contributed by atoms with E-state index in [1.54, 1.807) is 0 Å². The van der Waals surface area contributed by atoms with Crippen LogP contribution in [0.2, 0.25) is 0 Å². The Morgan fingerprint density at radius 2 is 2.18 bits per heavy atom. The maximum Gasteiger partial charge on any atom is 0.251 e. The molecule has 4 heteroatoms. The average molecular weight is 368 g/mol. The minimum Gasteiger partial charge on any atom is -0.381 e. The van der Waals surface area contributed by atoms with Crippen molar-refractivity contribution in [1.82, 2.24) is 5.32 Å². The van der Waals surface area contributed by atoms with Gasteiger partial charge in [-0.2, -0.15) is 0 Å². The third kappa shape index (κ3) is 2.85. The van der Waals surface area contributed by atoms with Crippen molar-refractivity contribution in [3.63, 3.8) is 0 Å². The smallest absolute Gasteiger partial charge is 0.251 e. The zero-order valence-corrected chi connectivity index (χ0v) is 11.4. The number of amides is 1. The quantitative estimate of drug-likeness (QED) is 0.498. The predicted octanol–water partition coefficient (Wildman–Crippen LogP) is -0.188. The molecule has 1 radical (unpaired) electrons. The Bertz CT molecular complexity index is 187. The summed E-state index contributed by atoms with van der Waals surface area (Å²) in [7, 11) is 0. The fraction of sp³-hybridized carbons (Fsp3) is 0.571. The van der Waals surface area contributed by atoms with E-state index in [1.165, 1.54) is 0 Å². The molecule has 2 N–H and O–H groups in total. The summed E-state index contributed by atoms with van der Waals surface area (Å²) in [6, 6.07) is -0.155. The normalized spacial score (nSPS) is 27.7. The maximum atomic E-state index is 10.4. The molecule has 0 aromatic rings. The molecule has 1 amide bonds. The summed E-state index contributed by atoms with van der Waals surface area (Å²) in [5.41, 5.74) is 1.10. The summed E-state index contributed by atoms with van der Waals surface area (Å²) in [4.78, 5) is 10.4. The van der Waals surface area contributed by atoms with Gasteiger partial charge in [0.2, 0.25) is 0 Å². The van der Waals surface area contributed by atoms with Gasteiger partial charge in [0.15, 0.2) is 6.10 Å². The number of hydrogen-bond donors (Lipinski definition) is 2. The molecule has 0 spiro atoms. The largest absolute Gasteiger partial charge is 0.381 e. The number of carbonyl (C=O) groups is 1. The fourth-order valence-corrected chi connectivity index (χ4v) is 0.887. The molecule has 59 valence electrons. The second-order valence-electron chi connectivity index (χ2n) is 2.72. The number of nitrogens with one attached hydrogen (secondary N) is 1. The van der Waals surface area contributed by atoms with E-state index in [-0.39, 0.29) is 56.0 Å². The Balaban J connectivity index is 0.000001000. The van der Waals surface area contributed by atoms with E-state index >= 15 is 0 Å². The van der Waals surface area contributed by atoms with Gasteiger partial charge >= 0.3 is 0 Å². The first kappa shape index (κ1) is 11.6. The number of aliphatic hydroxyl groups excluding tert-OH is 1. The van der Waals surface area contributed by atoms with Crippen LogP contribution >= 0.6 is 0 Å². The van der Waals surface area contributed by atoms with Gasteiger partial charge in [-0.1, -0.05) is 11.6 Å². The van der Waals surface area contributed by atoms with Crippen LogP contribution in [-0.4, -0.2) is 23.2 Å². The van der Waals surface area contributed by atoms with Gasteiger partial charge < -0.3 is 10.4 Å². The first-order valence-corrected chi connectivity index (χ1v) is 3.25. The van der Waals surface area contributed by atoms with Crippen molar-refractivity contribution in [2.75, 3.05) is 0 Å². The molecule has 0 saturated carbocycles. The summed E-state index contributed by atoms with van der Waals surface area (Å²) in [6.07, 6.45) is 1.02. The minimum atomic E-state index is -0.824. The molecule has 1 heterocycles. The van der Waals surface area contributed by atoms with E-state index in [9.17, 15) is 4.79 Å². The Labute approximate surface area is 102 Å². The van der Waals surface area contributed by atoms with Crippen LogP contribution in [0.4, 0.5) is 0 Å². The van der Waals surface area contributed by atoms with Crippen molar-refractivity contribution in [1.29, 1.82) is 0 Å². The topological polar surface area (TPSA) is 49.3 Å². The zero-order chi connectivity index (χ0) is 7.72. The van der Waals surface area contributed by atoms with Crippen molar-refractivity contribution < 1.29 is 54.0 Å². The van der Waals surface area contributed by atoms with Crippen LogP contribution < -0.4 is 5.32 Å². The monoisotopic (exact) mass is 368 g/mol. The first-order valence-electron chi connectivity index (χ1n) is 3.25. The molecule has 0 aromatic carbocycles. The van der Waals surface area contributed by atoms with Crippen LogP contribution in [-0.2, 0) is 4.79 Å². The molecule has 0 aliphatic carbocycles. The Morgan fingerprint density at radius 1 is 1.64 bits per heavy atom. The van der Waals surface area contributed by atoms with Gasteiger partial charge in [0.05, 0.1) is 6.04 Å². The SMILES string of the molecule is CC(C)=C[C@@H]1NC(=O)C1O.[Ac]. The second kappa shape index (κ2) is 4.59. The molecule has 11 heavy (non-hydrogen) atoms. The first-order chi connectivity index (χ1) is 4.61. The van der Waals surface area contributed by atoms with Crippen LogP contribution in [0.1, 0.15) is 13.8 Å². The van der Waals surface area contributed by atoms with Crippen molar-refractivity contribution in [2.45, 2.75) is 26.0 Å². The van der Waals surface area contributed by atoms with Gasteiger partial charge in [-0.05, 0) is 13.8 Å². The van der Waals surface area contributed by atoms with Gasteiger partial charge in [0.25, 0.3) is 5.91 Å². The third-order valence-corrected chi connectivity index (χ3v) is 1.43. The van der Waals surface area contributed by atoms with Crippen molar-refractivity contribution in [3.8, 4) is 0 Å². The molecule has 1 saturated heterocycles. The van der Waals surface area contributed by atoms with E-state index in [0.29, 0.717) is 0 Å². The molecule has 1 aliphatic heterocycles. The number of allylic oxidation sites excluding steroid dienone is 1. The summed E-state index contributed by atoms with van der Waals surface area (Å²) in [6.45, 7) is 3.86. The molecule has 1 fully saturated rings. The van der Waals surface area contributed by atoms with Crippen molar-refractivity contribution in [3.05, 3.63) is 11.6 Å². The van der Waals surface area contributed by atoms with Gasteiger partial charge in [0, 0.05) is 44.1 Å². The molecule has 1 aliphatic rings. The standard InChI is InChI=1S/C7H11NO2.Ac/c1-4(2)3-5-6(9)7(10)8-5;/h3,5-6,9H,1-2H3,(H,8,10);/t5-,6?;/m0./s1. The van der Waals surface area contributed by atoms with Gasteiger partial charge in [0.1, 0.15) is 0 Å². The van der Waals surface area contributed by atoms with E-state index in [2.05, 4.69) is 5.32 Å². The van der Waals surface area contributed by atoms with Crippen LogP contribution in [0, 0.1) is 44.1 Å². The van der Waals surface area contributed by atoms with Gasteiger partial charge in [-0.3, -0.25) is 4.79 Å². The molecule has 3 nitrogen and oxygen atoms in total. The third-order valence-electron chi connectivity index (χ3n) is 1.43. The van der Waals surface area contributed by atoms with Crippen LogP contribution in [0.15, 0.2) is 11.6 Å². The van der Waals surface area contributed by atoms with Crippen molar-refractivity contribution in [2.24, 2.45) is 0 Å². The van der Waals surface area contributed by atoms with Gasteiger partial charge in [-0.25, -0.2) is 0 Å².